The van der Waals surface area contributed by atoms with E-state index in [4.69, 9.17) is 16.4 Å². The van der Waals surface area contributed by atoms with Crippen LogP contribution in [0.5, 0.6) is 0 Å². The zero-order valence-corrected chi connectivity index (χ0v) is 14.6. The Bertz CT molecular complexity index is 797. The van der Waals surface area contributed by atoms with Crippen molar-refractivity contribution in [3.05, 3.63) is 35.1 Å². The summed E-state index contributed by atoms with van der Waals surface area (Å²) >= 11 is 6.05. The Labute approximate surface area is 153 Å². The molecule has 10 nitrogen and oxygen atoms in total. The van der Waals surface area contributed by atoms with Gasteiger partial charge in [0.05, 0.1) is 12.3 Å². The van der Waals surface area contributed by atoms with Crippen molar-refractivity contribution in [2.75, 3.05) is 6.61 Å². The molecule has 2 amide bonds. The van der Waals surface area contributed by atoms with Crippen LogP contribution in [0.3, 0.4) is 0 Å². The lowest BCUT2D eigenvalue weighted by atomic mass is 10.1. The number of nitrogens with zero attached hydrogens (tertiary/aromatic N) is 5. The summed E-state index contributed by atoms with van der Waals surface area (Å²) in [5, 5.41) is 24.6. The molecule has 11 heteroatoms. The highest BCUT2D eigenvalue weighted by molar-refractivity contribution is 6.30. The third-order valence-electron chi connectivity index (χ3n) is 3.87. The van der Waals surface area contributed by atoms with E-state index in [9.17, 15) is 14.7 Å². The number of amides is 2. The fourth-order valence-corrected chi connectivity index (χ4v) is 2.79. The van der Waals surface area contributed by atoms with Gasteiger partial charge in [0, 0.05) is 18.0 Å². The van der Waals surface area contributed by atoms with Crippen LogP contribution in [0, 0.1) is 0 Å². The van der Waals surface area contributed by atoms with Crippen molar-refractivity contribution in [3.8, 4) is 5.69 Å². The van der Waals surface area contributed by atoms with Gasteiger partial charge in [-0.05, 0) is 41.1 Å². The molecule has 26 heavy (non-hydrogen) atoms. The standard InChI is InChI=1S/C15H17ClN6O4/c1-9(23)15(25)22-13(4-5-26-22)14(24)17-7-10-6-11(16)2-3-12(10)21-8-18-19-20-21/h2-3,6,8-9,13,23H,4-5,7H2,1H3,(H,17,24)/t9-,13+/m1/s1. The van der Waals surface area contributed by atoms with Crippen LogP contribution in [0.2, 0.25) is 5.02 Å². The number of tetrazole rings is 1. The van der Waals surface area contributed by atoms with Crippen LogP contribution in [0.1, 0.15) is 18.9 Å². The van der Waals surface area contributed by atoms with E-state index in [1.807, 2.05) is 0 Å². The first kappa shape index (κ1) is 18.2. The number of hydroxylamine groups is 2. The molecule has 0 radical (unpaired) electrons. The third kappa shape index (κ3) is 3.82. The molecule has 1 aliphatic heterocycles. The van der Waals surface area contributed by atoms with Gasteiger partial charge in [-0.1, -0.05) is 11.6 Å². The third-order valence-corrected chi connectivity index (χ3v) is 4.11. The zero-order valence-electron chi connectivity index (χ0n) is 13.9. The maximum absolute atomic E-state index is 12.5. The molecule has 0 bridgehead atoms. The quantitative estimate of drug-likeness (QED) is 0.739. The van der Waals surface area contributed by atoms with E-state index < -0.39 is 18.1 Å². The van der Waals surface area contributed by atoms with E-state index in [0.29, 0.717) is 22.7 Å². The van der Waals surface area contributed by atoms with Gasteiger partial charge in [-0.3, -0.25) is 14.4 Å². The average Bonchev–Trinajstić information content (AvgIpc) is 3.30. The van der Waals surface area contributed by atoms with Gasteiger partial charge in [-0.2, -0.15) is 0 Å². The minimum absolute atomic E-state index is 0.155. The summed E-state index contributed by atoms with van der Waals surface area (Å²) in [5.74, 6) is -1.04. The number of aromatic nitrogens is 4. The lowest BCUT2D eigenvalue weighted by Crippen LogP contribution is -2.47. The summed E-state index contributed by atoms with van der Waals surface area (Å²) < 4.78 is 1.46. The number of hydrogen-bond acceptors (Lipinski definition) is 7. The van der Waals surface area contributed by atoms with Crippen molar-refractivity contribution in [1.29, 1.82) is 0 Å². The van der Waals surface area contributed by atoms with Crippen LogP contribution >= 0.6 is 11.6 Å². The predicted octanol–water partition coefficient (Wildman–Crippen LogP) is -0.155. The van der Waals surface area contributed by atoms with Crippen LogP contribution in [-0.4, -0.2) is 60.9 Å². The van der Waals surface area contributed by atoms with Gasteiger partial charge < -0.3 is 10.4 Å². The highest BCUT2D eigenvalue weighted by Gasteiger charge is 2.37. The molecule has 2 atom stereocenters. The van der Waals surface area contributed by atoms with Crippen molar-refractivity contribution < 1.29 is 19.5 Å². The van der Waals surface area contributed by atoms with Crippen molar-refractivity contribution in [3.63, 3.8) is 0 Å². The number of aliphatic hydroxyl groups excluding tert-OH is 1. The highest BCUT2D eigenvalue weighted by atomic mass is 35.5. The first-order valence-electron chi connectivity index (χ1n) is 7.91. The van der Waals surface area contributed by atoms with Crippen molar-refractivity contribution in [2.45, 2.75) is 32.0 Å². The van der Waals surface area contributed by atoms with Crippen LogP contribution in [0.15, 0.2) is 24.5 Å². The Morgan fingerprint density at radius 1 is 1.50 bits per heavy atom. The van der Waals surface area contributed by atoms with Crippen LogP contribution < -0.4 is 5.32 Å². The predicted molar refractivity (Wildman–Crippen MR) is 88.9 cm³/mol. The second kappa shape index (κ2) is 7.77. The van der Waals surface area contributed by atoms with Gasteiger partial charge in [0.25, 0.3) is 5.91 Å². The summed E-state index contributed by atoms with van der Waals surface area (Å²) in [6.45, 7) is 1.70. The monoisotopic (exact) mass is 380 g/mol. The first-order valence-corrected chi connectivity index (χ1v) is 8.28. The van der Waals surface area contributed by atoms with E-state index >= 15 is 0 Å². The van der Waals surface area contributed by atoms with Gasteiger partial charge in [-0.25, -0.2) is 9.75 Å². The molecular weight excluding hydrogens is 364 g/mol. The topological polar surface area (TPSA) is 122 Å². The smallest absolute Gasteiger partial charge is 0.275 e. The van der Waals surface area contributed by atoms with Crippen molar-refractivity contribution in [1.82, 2.24) is 30.6 Å². The summed E-state index contributed by atoms with van der Waals surface area (Å²) in [6, 6.07) is 4.33. The van der Waals surface area contributed by atoms with E-state index in [2.05, 4.69) is 20.8 Å². The number of carbonyl (C=O) groups excluding carboxylic acids is 2. The van der Waals surface area contributed by atoms with Crippen molar-refractivity contribution >= 4 is 23.4 Å². The normalized spacial score (nSPS) is 18.0. The molecule has 1 aliphatic rings. The largest absolute Gasteiger partial charge is 0.383 e. The molecule has 0 spiro atoms. The van der Waals surface area contributed by atoms with Gasteiger partial charge in [-0.15, -0.1) is 5.10 Å². The minimum atomic E-state index is -1.25. The molecule has 1 fully saturated rings. The Morgan fingerprint density at radius 3 is 3.00 bits per heavy atom. The summed E-state index contributed by atoms with van der Waals surface area (Å²) in [6.07, 6.45) is 0.532. The second-order valence-electron chi connectivity index (χ2n) is 5.72. The van der Waals surface area contributed by atoms with Gasteiger partial charge in [0.1, 0.15) is 18.5 Å². The van der Waals surface area contributed by atoms with Crippen LogP contribution in [0.4, 0.5) is 0 Å². The van der Waals surface area contributed by atoms with Gasteiger partial charge in [0.15, 0.2) is 0 Å². The Balaban J connectivity index is 1.72. The van der Waals surface area contributed by atoms with Crippen LogP contribution in [0.25, 0.3) is 5.69 Å². The summed E-state index contributed by atoms with van der Waals surface area (Å²) in [4.78, 5) is 29.6. The lowest BCUT2D eigenvalue weighted by molar-refractivity contribution is -0.186. The highest BCUT2D eigenvalue weighted by Crippen LogP contribution is 2.20. The van der Waals surface area contributed by atoms with E-state index in [1.165, 1.54) is 17.9 Å². The van der Waals surface area contributed by atoms with Crippen LogP contribution in [-0.2, 0) is 21.0 Å². The Hall–Kier alpha value is -2.56. The molecule has 2 heterocycles. The zero-order chi connectivity index (χ0) is 18.7. The Kier molecular flexibility index (Phi) is 5.45. The molecule has 138 valence electrons. The SMILES string of the molecule is C[C@@H](O)C(=O)N1OCC[C@H]1C(=O)NCc1cc(Cl)ccc1-n1cnnn1. The fraction of sp³-hybridized carbons (Fsp3) is 0.400. The number of nitrogens with one attached hydrogen (secondary N) is 1. The molecule has 2 aromatic rings. The molecule has 0 unspecified atom stereocenters. The number of benzene rings is 1. The van der Waals surface area contributed by atoms with E-state index in [0.717, 1.165) is 5.06 Å². The number of rotatable bonds is 5. The molecule has 0 aliphatic carbocycles. The molecule has 1 saturated heterocycles. The first-order chi connectivity index (χ1) is 12.5. The van der Waals surface area contributed by atoms with Crippen molar-refractivity contribution in [2.24, 2.45) is 0 Å². The summed E-state index contributed by atoms with van der Waals surface area (Å²) in [5.41, 5.74) is 1.37. The maximum Gasteiger partial charge on any atom is 0.275 e. The molecular formula is C15H17ClN6O4. The molecule has 1 aromatic heterocycles. The van der Waals surface area contributed by atoms with Gasteiger partial charge in [0.2, 0.25) is 5.91 Å². The Morgan fingerprint density at radius 2 is 2.31 bits per heavy atom. The lowest BCUT2D eigenvalue weighted by Gasteiger charge is -2.23. The second-order valence-corrected chi connectivity index (χ2v) is 6.16. The molecule has 3 rings (SSSR count). The fourth-order valence-electron chi connectivity index (χ4n) is 2.60. The minimum Gasteiger partial charge on any atom is -0.383 e. The maximum atomic E-state index is 12.5. The molecule has 1 aromatic carbocycles. The average molecular weight is 381 g/mol. The summed E-state index contributed by atoms with van der Waals surface area (Å²) in [7, 11) is 0. The van der Waals surface area contributed by atoms with E-state index in [1.54, 1.807) is 18.2 Å². The molecule has 0 saturated carbocycles. The number of hydrogen-bond donors (Lipinski definition) is 2. The number of carbonyl (C=O) groups is 2. The molecule has 2 N–H and O–H groups in total. The van der Waals surface area contributed by atoms with E-state index in [-0.39, 0.29) is 19.1 Å². The number of aliphatic hydroxyl groups is 1. The van der Waals surface area contributed by atoms with Gasteiger partial charge >= 0.3 is 0 Å². The number of halogens is 1.